The van der Waals surface area contributed by atoms with Crippen LogP contribution in [0.25, 0.3) is 0 Å². The average molecular weight is 275 g/mol. The predicted octanol–water partition coefficient (Wildman–Crippen LogP) is 0.372. The van der Waals surface area contributed by atoms with E-state index in [1.54, 1.807) is 0 Å². The summed E-state index contributed by atoms with van der Waals surface area (Å²) in [4.78, 5) is 10.9. The molecule has 0 saturated heterocycles. The highest BCUT2D eigenvalue weighted by atomic mass is 32.2. The Morgan fingerprint density at radius 1 is 1.44 bits per heavy atom. The second kappa shape index (κ2) is 5.92. The maximum Gasteiger partial charge on any atom is 0.320 e. The van der Waals surface area contributed by atoms with Gasteiger partial charge < -0.3 is 10.5 Å². The summed E-state index contributed by atoms with van der Waals surface area (Å²) in [6.07, 6.45) is 0. The molecule has 0 radical (unpaired) electrons. The van der Waals surface area contributed by atoms with Crippen molar-refractivity contribution in [2.75, 3.05) is 12.9 Å². The smallest absolute Gasteiger partial charge is 0.320 e. The van der Waals surface area contributed by atoms with Crippen molar-refractivity contribution < 1.29 is 22.3 Å². The molecule has 0 aliphatic rings. The van der Waals surface area contributed by atoms with Crippen LogP contribution in [0.15, 0.2) is 18.2 Å². The van der Waals surface area contributed by atoms with Crippen LogP contribution in [-0.2, 0) is 31.7 Å². The van der Waals surface area contributed by atoms with Gasteiger partial charge in [0.05, 0.1) is 12.9 Å². The monoisotopic (exact) mass is 275 g/mol. The molecule has 1 aromatic rings. The summed E-state index contributed by atoms with van der Waals surface area (Å²) in [5, 5.41) is 0. The van der Waals surface area contributed by atoms with Crippen molar-refractivity contribution in [3.63, 3.8) is 0 Å². The topological polar surface area (TPSA) is 86.5 Å². The van der Waals surface area contributed by atoms with E-state index in [1.165, 1.54) is 12.1 Å². The number of sulfone groups is 1. The SMILES string of the molecule is COC(=O)CS(=O)(=O)Cc1ccc(F)c(CN)c1. The summed E-state index contributed by atoms with van der Waals surface area (Å²) >= 11 is 0. The summed E-state index contributed by atoms with van der Waals surface area (Å²) in [6, 6.07) is 3.89. The maximum absolute atomic E-state index is 13.2. The third-order valence-electron chi connectivity index (χ3n) is 2.28. The van der Waals surface area contributed by atoms with Gasteiger partial charge in [0.1, 0.15) is 11.6 Å². The Kier molecular flexibility index (Phi) is 4.80. The molecule has 1 aromatic carbocycles. The van der Waals surface area contributed by atoms with E-state index in [-0.39, 0.29) is 17.9 Å². The number of carbonyl (C=O) groups is 1. The summed E-state index contributed by atoms with van der Waals surface area (Å²) in [5.74, 6) is -2.35. The molecule has 0 aliphatic heterocycles. The highest BCUT2D eigenvalue weighted by Gasteiger charge is 2.18. The first-order valence-electron chi connectivity index (χ1n) is 5.12. The van der Waals surface area contributed by atoms with Crippen molar-refractivity contribution in [1.29, 1.82) is 0 Å². The number of carbonyl (C=O) groups excluding carboxylic acids is 1. The average Bonchev–Trinajstić information content (AvgIpc) is 2.30. The van der Waals surface area contributed by atoms with Crippen LogP contribution in [0.3, 0.4) is 0 Å². The molecule has 0 aliphatic carbocycles. The molecule has 0 bridgehead atoms. The highest BCUT2D eigenvalue weighted by molar-refractivity contribution is 7.91. The lowest BCUT2D eigenvalue weighted by atomic mass is 10.1. The molecule has 0 heterocycles. The largest absolute Gasteiger partial charge is 0.468 e. The molecule has 0 amide bonds. The molecule has 1 rings (SSSR count). The van der Waals surface area contributed by atoms with Gasteiger partial charge in [-0.1, -0.05) is 12.1 Å². The van der Waals surface area contributed by atoms with E-state index in [1.807, 2.05) is 0 Å². The predicted molar refractivity (Wildman–Crippen MR) is 63.8 cm³/mol. The number of rotatable bonds is 5. The summed E-state index contributed by atoms with van der Waals surface area (Å²) in [7, 11) is -2.51. The van der Waals surface area contributed by atoms with E-state index in [4.69, 9.17) is 5.73 Å². The fourth-order valence-electron chi connectivity index (χ4n) is 1.42. The zero-order valence-electron chi connectivity index (χ0n) is 9.85. The number of methoxy groups -OCH3 is 1. The van der Waals surface area contributed by atoms with Crippen molar-refractivity contribution in [3.05, 3.63) is 35.1 Å². The number of esters is 1. The van der Waals surface area contributed by atoms with Gasteiger partial charge in [0.2, 0.25) is 0 Å². The van der Waals surface area contributed by atoms with Gasteiger partial charge in [-0.25, -0.2) is 12.8 Å². The van der Waals surface area contributed by atoms with E-state index in [2.05, 4.69) is 4.74 Å². The van der Waals surface area contributed by atoms with Gasteiger partial charge in [0.15, 0.2) is 9.84 Å². The minimum absolute atomic E-state index is 0.0171. The van der Waals surface area contributed by atoms with Gasteiger partial charge in [-0.05, 0) is 11.6 Å². The van der Waals surface area contributed by atoms with E-state index in [0.717, 1.165) is 13.2 Å². The Balaban J connectivity index is 2.87. The number of ether oxygens (including phenoxy) is 1. The molecule has 0 unspecified atom stereocenters. The standard InChI is InChI=1S/C11H14FNO4S/c1-17-11(14)7-18(15,16)6-8-2-3-10(12)9(4-8)5-13/h2-4H,5-7,13H2,1H3. The zero-order valence-corrected chi connectivity index (χ0v) is 10.7. The Hall–Kier alpha value is -1.47. The van der Waals surface area contributed by atoms with Crippen LogP contribution < -0.4 is 5.73 Å². The number of hydrogen-bond donors (Lipinski definition) is 1. The van der Waals surface area contributed by atoms with Crippen molar-refractivity contribution in [1.82, 2.24) is 0 Å². The van der Waals surface area contributed by atoms with Crippen LogP contribution in [0.5, 0.6) is 0 Å². The van der Waals surface area contributed by atoms with E-state index >= 15 is 0 Å². The second-order valence-corrected chi connectivity index (χ2v) is 5.80. The third-order valence-corrected chi connectivity index (χ3v) is 3.73. The van der Waals surface area contributed by atoms with Gasteiger partial charge in [-0.2, -0.15) is 0 Å². The van der Waals surface area contributed by atoms with Gasteiger partial charge in [0, 0.05) is 12.1 Å². The molecule has 0 fully saturated rings. The van der Waals surface area contributed by atoms with Crippen molar-refractivity contribution in [2.45, 2.75) is 12.3 Å². The molecule has 7 heteroatoms. The lowest BCUT2D eigenvalue weighted by Gasteiger charge is -2.06. The zero-order chi connectivity index (χ0) is 13.8. The van der Waals surface area contributed by atoms with Gasteiger partial charge in [-0.15, -0.1) is 0 Å². The van der Waals surface area contributed by atoms with Crippen molar-refractivity contribution in [2.24, 2.45) is 5.73 Å². The first-order valence-corrected chi connectivity index (χ1v) is 6.94. The van der Waals surface area contributed by atoms with Crippen LogP contribution in [0.4, 0.5) is 4.39 Å². The van der Waals surface area contributed by atoms with Crippen LogP contribution in [0.2, 0.25) is 0 Å². The molecular formula is C11H14FNO4S. The van der Waals surface area contributed by atoms with Crippen molar-refractivity contribution >= 4 is 15.8 Å². The number of nitrogens with two attached hydrogens (primary N) is 1. The maximum atomic E-state index is 13.2. The quantitative estimate of drug-likeness (QED) is 0.785. The molecule has 100 valence electrons. The van der Waals surface area contributed by atoms with Gasteiger partial charge in [0.25, 0.3) is 0 Å². The molecule has 0 atom stereocenters. The lowest BCUT2D eigenvalue weighted by Crippen LogP contribution is -2.19. The summed E-state index contributed by atoms with van der Waals surface area (Å²) < 4.78 is 40.7. The Morgan fingerprint density at radius 2 is 2.11 bits per heavy atom. The lowest BCUT2D eigenvalue weighted by molar-refractivity contribution is -0.137. The number of halogens is 1. The third kappa shape index (κ3) is 4.08. The van der Waals surface area contributed by atoms with Crippen LogP contribution in [-0.4, -0.2) is 27.2 Å². The van der Waals surface area contributed by atoms with Crippen LogP contribution in [0.1, 0.15) is 11.1 Å². The normalized spacial score (nSPS) is 11.3. The van der Waals surface area contributed by atoms with E-state index in [9.17, 15) is 17.6 Å². The summed E-state index contributed by atoms with van der Waals surface area (Å²) in [6.45, 7) is -0.0171. The van der Waals surface area contributed by atoms with Crippen molar-refractivity contribution in [3.8, 4) is 0 Å². The minimum atomic E-state index is -3.62. The molecule has 0 aromatic heterocycles. The first kappa shape index (κ1) is 14.6. The van der Waals surface area contributed by atoms with Crippen LogP contribution >= 0.6 is 0 Å². The molecule has 2 N–H and O–H groups in total. The Bertz CT molecular complexity index is 542. The molecule has 5 nitrogen and oxygen atoms in total. The van der Waals surface area contributed by atoms with Gasteiger partial charge in [-0.3, -0.25) is 4.79 Å². The second-order valence-electron chi connectivity index (χ2n) is 3.74. The van der Waals surface area contributed by atoms with Crippen LogP contribution in [0, 0.1) is 5.82 Å². The molecule has 18 heavy (non-hydrogen) atoms. The van der Waals surface area contributed by atoms with Gasteiger partial charge >= 0.3 is 5.97 Å². The first-order chi connectivity index (χ1) is 8.38. The van der Waals surface area contributed by atoms with E-state index < -0.39 is 27.4 Å². The molecule has 0 spiro atoms. The summed E-state index contributed by atoms with van der Waals surface area (Å²) in [5.41, 5.74) is 5.95. The molecule has 0 saturated carbocycles. The minimum Gasteiger partial charge on any atom is -0.468 e. The number of hydrogen-bond acceptors (Lipinski definition) is 5. The van der Waals surface area contributed by atoms with E-state index in [0.29, 0.717) is 5.56 Å². The fraction of sp³-hybridized carbons (Fsp3) is 0.364. The fourth-order valence-corrected chi connectivity index (χ4v) is 2.68. The molecular weight excluding hydrogens is 261 g/mol. The Morgan fingerprint density at radius 3 is 2.67 bits per heavy atom. The highest BCUT2D eigenvalue weighted by Crippen LogP contribution is 2.13. The Labute approximate surface area is 105 Å². The number of benzene rings is 1.